The third kappa shape index (κ3) is 5.86. The van der Waals surface area contributed by atoms with E-state index in [-0.39, 0.29) is 5.91 Å². The quantitative estimate of drug-likeness (QED) is 0.336. The molecule has 162 valence electrons. The lowest BCUT2D eigenvalue weighted by Crippen LogP contribution is -2.23. The summed E-state index contributed by atoms with van der Waals surface area (Å²) in [5, 5.41) is 11.8. The van der Waals surface area contributed by atoms with E-state index in [9.17, 15) is 9.18 Å². The molecule has 0 saturated heterocycles. The number of aromatic nitrogens is 3. The Morgan fingerprint density at radius 2 is 2.06 bits per heavy atom. The number of halogens is 2. The first-order valence-electron chi connectivity index (χ1n) is 9.57. The van der Waals surface area contributed by atoms with Gasteiger partial charge in [-0.1, -0.05) is 47.6 Å². The Labute approximate surface area is 189 Å². The number of benzene rings is 2. The predicted molar refractivity (Wildman–Crippen MR) is 121 cm³/mol. The van der Waals surface area contributed by atoms with Gasteiger partial charge >= 0.3 is 0 Å². The van der Waals surface area contributed by atoms with Crippen molar-refractivity contribution in [1.29, 1.82) is 0 Å². The Kier molecular flexibility index (Phi) is 7.70. The van der Waals surface area contributed by atoms with Crippen LogP contribution in [0.5, 0.6) is 5.75 Å². The number of anilines is 1. The van der Waals surface area contributed by atoms with E-state index in [1.54, 1.807) is 31.2 Å². The fourth-order valence-corrected chi connectivity index (χ4v) is 3.84. The Hall–Kier alpha value is -2.84. The van der Waals surface area contributed by atoms with Crippen molar-refractivity contribution in [2.24, 2.45) is 0 Å². The van der Waals surface area contributed by atoms with Gasteiger partial charge in [0.25, 0.3) is 0 Å². The van der Waals surface area contributed by atoms with E-state index in [1.165, 1.54) is 30.0 Å². The highest BCUT2D eigenvalue weighted by atomic mass is 35.5. The number of allylic oxidation sites excluding steroid dienone is 1. The summed E-state index contributed by atoms with van der Waals surface area (Å²) < 4.78 is 21.2. The van der Waals surface area contributed by atoms with E-state index >= 15 is 0 Å². The van der Waals surface area contributed by atoms with Crippen LogP contribution < -0.4 is 10.1 Å². The van der Waals surface area contributed by atoms with Gasteiger partial charge in [-0.3, -0.25) is 9.36 Å². The minimum absolute atomic E-state index is 0.273. The maximum Gasteiger partial charge on any atom is 0.237 e. The summed E-state index contributed by atoms with van der Waals surface area (Å²) >= 11 is 7.43. The number of para-hydroxylation sites is 1. The highest BCUT2D eigenvalue weighted by molar-refractivity contribution is 8.00. The molecule has 1 N–H and O–H groups in total. The maximum atomic E-state index is 13.4. The van der Waals surface area contributed by atoms with Crippen LogP contribution in [-0.2, 0) is 11.3 Å². The van der Waals surface area contributed by atoms with Gasteiger partial charge in [0.2, 0.25) is 5.91 Å². The molecule has 1 aromatic heterocycles. The first-order valence-corrected chi connectivity index (χ1v) is 10.8. The third-order valence-corrected chi connectivity index (χ3v) is 5.70. The summed E-state index contributed by atoms with van der Waals surface area (Å²) in [6, 6.07) is 12.9. The molecule has 0 aliphatic carbocycles. The largest absolute Gasteiger partial charge is 0.481 e. The van der Waals surface area contributed by atoms with Crippen LogP contribution in [0.1, 0.15) is 25.8 Å². The monoisotopic (exact) mass is 460 g/mol. The smallest absolute Gasteiger partial charge is 0.237 e. The van der Waals surface area contributed by atoms with Crippen molar-refractivity contribution in [3.63, 3.8) is 0 Å². The molecular formula is C22H22ClFN4O2S. The SMILES string of the molecule is C=CCn1c(SC(C)C(=O)Nc2cccc(F)c2)nnc1C(C)Oc1ccccc1Cl. The van der Waals surface area contributed by atoms with Crippen LogP contribution in [0, 0.1) is 5.82 Å². The molecule has 6 nitrogen and oxygen atoms in total. The number of carbonyl (C=O) groups excluding carboxylic acids is 1. The van der Waals surface area contributed by atoms with Gasteiger partial charge in [0.05, 0.1) is 10.3 Å². The molecule has 31 heavy (non-hydrogen) atoms. The Morgan fingerprint density at radius 3 is 2.77 bits per heavy atom. The first-order chi connectivity index (χ1) is 14.9. The second-order valence-corrected chi connectivity index (χ2v) is 8.41. The van der Waals surface area contributed by atoms with Crippen molar-refractivity contribution < 1.29 is 13.9 Å². The van der Waals surface area contributed by atoms with Gasteiger partial charge in [-0.2, -0.15) is 0 Å². The van der Waals surface area contributed by atoms with Gasteiger partial charge in [0, 0.05) is 12.2 Å². The topological polar surface area (TPSA) is 69.0 Å². The van der Waals surface area contributed by atoms with E-state index in [0.717, 1.165) is 0 Å². The van der Waals surface area contributed by atoms with E-state index in [1.807, 2.05) is 23.6 Å². The number of nitrogens with zero attached hydrogens (tertiary/aromatic N) is 3. The number of ether oxygens (including phenoxy) is 1. The van der Waals surface area contributed by atoms with Gasteiger partial charge < -0.3 is 10.1 Å². The second-order valence-electron chi connectivity index (χ2n) is 6.69. The molecule has 3 aromatic rings. The number of nitrogens with one attached hydrogen (secondary N) is 1. The van der Waals surface area contributed by atoms with E-state index < -0.39 is 17.2 Å². The van der Waals surface area contributed by atoms with Crippen molar-refractivity contribution in [1.82, 2.24) is 14.8 Å². The van der Waals surface area contributed by atoms with Gasteiger partial charge in [-0.25, -0.2) is 4.39 Å². The van der Waals surface area contributed by atoms with Crippen LogP contribution in [-0.4, -0.2) is 25.9 Å². The van der Waals surface area contributed by atoms with E-state index in [0.29, 0.717) is 34.0 Å². The van der Waals surface area contributed by atoms with Crippen LogP contribution in [0.25, 0.3) is 0 Å². The van der Waals surface area contributed by atoms with Gasteiger partial charge in [0.15, 0.2) is 17.1 Å². The van der Waals surface area contributed by atoms with Crippen molar-refractivity contribution in [2.75, 3.05) is 5.32 Å². The number of rotatable bonds is 9. The van der Waals surface area contributed by atoms with Crippen LogP contribution >= 0.6 is 23.4 Å². The molecule has 3 rings (SSSR count). The highest BCUT2D eigenvalue weighted by Crippen LogP contribution is 2.30. The van der Waals surface area contributed by atoms with Gasteiger partial charge in [-0.15, -0.1) is 16.8 Å². The molecule has 0 aliphatic heterocycles. The molecule has 0 spiro atoms. The fraction of sp³-hybridized carbons (Fsp3) is 0.227. The van der Waals surface area contributed by atoms with Crippen LogP contribution in [0.2, 0.25) is 5.02 Å². The number of hydrogen-bond acceptors (Lipinski definition) is 5. The van der Waals surface area contributed by atoms with Crippen LogP contribution in [0.4, 0.5) is 10.1 Å². The lowest BCUT2D eigenvalue weighted by atomic mass is 10.3. The lowest BCUT2D eigenvalue weighted by molar-refractivity contribution is -0.115. The molecule has 1 heterocycles. The molecular weight excluding hydrogens is 439 g/mol. The number of amides is 1. The Balaban J connectivity index is 1.74. The first kappa shape index (κ1) is 22.8. The van der Waals surface area contributed by atoms with Gasteiger partial charge in [0.1, 0.15) is 11.6 Å². The maximum absolute atomic E-state index is 13.4. The average molecular weight is 461 g/mol. The van der Waals surface area contributed by atoms with Crippen molar-refractivity contribution in [3.8, 4) is 5.75 Å². The predicted octanol–water partition coefficient (Wildman–Crippen LogP) is 5.52. The zero-order valence-electron chi connectivity index (χ0n) is 17.1. The highest BCUT2D eigenvalue weighted by Gasteiger charge is 2.23. The molecule has 0 radical (unpaired) electrons. The second kappa shape index (κ2) is 10.5. The number of carbonyl (C=O) groups is 1. The summed E-state index contributed by atoms with van der Waals surface area (Å²) in [5.41, 5.74) is 0.396. The van der Waals surface area contributed by atoms with Crippen LogP contribution in [0.15, 0.2) is 66.3 Å². The zero-order chi connectivity index (χ0) is 22.4. The van der Waals surface area contributed by atoms with E-state index in [2.05, 4.69) is 22.1 Å². The molecule has 2 aromatic carbocycles. The fourth-order valence-electron chi connectivity index (χ4n) is 2.79. The number of thioether (sulfide) groups is 1. The average Bonchev–Trinajstić information content (AvgIpc) is 3.12. The van der Waals surface area contributed by atoms with Crippen molar-refractivity contribution in [3.05, 3.63) is 77.9 Å². The Bertz CT molecular complexity index is 1080. The number of hydrogen-bond donors (Lipinski definition) is 1. The van der Waals surface area contributed by atoms with Crippen LogP contribution in [0.3, 0.4) is 0 Å². The summed E-state index contributed by atoms with van der Waals surface area (Å²) in [7, 11) is 0. The third-order valence-electron chi connectivity index (χ3n) is 4.30. The molecule has 2 atom stereocenters. The van der Waals surface area contributed by atoms with Gasteiger partial charge in [-0.05, 0) is 44.2 Å². The summed E-state index contributed by atoms with van der Waals surface area (Å²) in [5.74, 6) is 0.438. The molecule has 1 amide bonds. The summed E-state index contributed by atoms with van der Waals surface area (Å²) in [6.07, 6.45) is 1.29. The Morgan fingerprint density at radius 1 is 1.29 bits per heavy atom. The standard InChI is InChI=1S/C22H22ClFN4O2S/c1-4-12-28-20(14(2)30-19-11-6-5-10-18(19)23)26-27-22(28)31-15(3)21(29)25-17-9-7-8-16(24)13-17/h4-11,13-15H,1,12H2,2-3H3,(H,25,29). The molecule has 0 fully saturated rings. The molecule has 9 heteroatoms. The summed E-state index contributed by atoms with van der Waals surface area (Å²) in [6.45, 7) is 7.83. The minimum atomic E-state index is -0.497. The van der Waals surface area contributed by atoms with Crippen molar-refractivity contribution in [2.45, 2.75) is 36.9 Å². The van der Waals surface area contributed by atoms with Crippen molar-refractivity contribution >= 4 is 35.0 Å². The minimum Gasteiger partial charge on any atom is -0.481 e. The van der Waals surface area contributed by atoms with E-state index in [4.69, 9.17) is 16.3 Å². The normalized spacial score (nSPS) is 12.8. The lowest BCUT2D eigenvalue weighted by Gasteiger charge is -2.17. The summed E-state index contributed by atoms with van der Waals surface area (Å²) in [4.78, 5) is 12.5. The zero-order valence-corrected chi connectivity index (χ0v) is 18.7. The molecule has 0 aliphatic rings. The molecule has 0 saturated carbocycles. The molecule has 0 bridgehead atoms. The molecule has 2 unspecified atom stereocenters.